The van der Waals surface area contributed by atoms with Gasteiger partial charge in [-0.1, -0.05) is 6.92 Å². The van der Waals surface area contributed by atoms with E-state index in [4.69, 9.17) is 18.9 Å². The number of hydrogen-bond donors (Lipinski definition) is 1. The Hall–Kier alpha value is -1.62. The van der Waals surface area contributed by atoms with Crippen molar-refractivity contribution >= 4 is 0 Å². The van der Waals surface area contributed by atoms with Crippen LogP contribution in [0.1, 0.15) is 20.3 Å². The highest BCUT2D eigenvalue weighted by molar-refractivity contribution is 5.55. The number of nitrogens with one attached hydrogen (secondary N) is 1. The fourth-order valence-electron chi connectivity index (χ4n) is 1.88. The maximum absolute atomic E-state index is 5.87. The lowest BCUT2D eigenvalue weighted by Gasteiger charge is -2.18. The molecule has 0 saturated carbocycles. The molecular formula is C15H25NO4. The summed E-state index contributed by atoms with van der Waals surface area (Å²) in [6.07, 6.45) is 1.17. The lowest BCUT2D eigenvalue weighted by molar-refractivity contribution is 0.214. The zero-order valence-electron chi connectivity index (χ0n) is 13.0. The van der Waals surface area contributed by atoms with Crippen LogP contribution in [0.4, 0.5) is 0 Å². The van der Waals surface area contributed by atoms with Crippen molar-refractivity contribution in [3.8, 4) is 23.0 Å². The van der Waals surface area contributed by atoms with E-state index in [1.807, 2.05) is 6.92 Å². The summed E-state index contributed by atoms with van der Waals surface area (Å²) in [5.74, 6) is 2.45. The van der Waals surface area contributed by atoms with E-state index in [1.54, 1.807) is 33.5 Å². The Bertz CT molecular complexity index is 384. The molecule has 1 atom stereocenters. The van der Waals surface area contributed by atoms with E-state index in [0.29, 0.717) is 23.0 Å². The summed E-state index contributed by atoms with van der Waals surface area (Å²) in [4.78, 5) is 0. The Kier molecular flexibility index (Phi) is 7.01. The summed E-state index contributed by atoms with van der Waals surface area (Å²) >= 11 is 0. The van der Waals surface area contributed by atoms with E-state index >= 15 is 0 Å². The van der Waals surface area contributed by atoms with Crippen molar-refractivity contribution in [3.63, 3.8) is 0 Å². The minimum atomic E-state index is 0.0596. The maximum Gasteiger partial charge on any atom is 0.203 e. The van der Waals surface area contributed by atoms with Gasteiger partial charge in [0.05, 0.1) is 21.3 Å². The normalized spacial score (nSPS) is 11.8. The van der Waals surface area contributed by atoms with Crippen molar-refractivity contribution in [2.75, 3.05) is 34.4 Å². The molecule has 0 amide bonds. The standard InChI is InChI=1S/C15H25NO4/c1-6-7-16-10-11(2)20-12-8-13(17-3)15(19-5)14(9-12)18-4/h8-9,11,16H,6-7,10H2,1-5H3. The van der Waals surface area contributed by atoms with Gasteiger partial charge in [0.1, 0.15) is 11.9 Å². The maximum atomic E-state index is 5.87. The smallest absolute Gasteiger partial charge is 0.203 e. The Morgan fingerprint density at radius 2 is 1.65 bits per heavy atom. The molecule has 0 aliphatic heterocycles. The van der Waals surface area contributed by atoms with E-state index in [9.17, 15) is 0 Å². The first-order valence-electron chi connectivity index (χ1n) is 6.83. The lowest BCUT2D eigenvalue weighted by Crippen LogP contribution is -2.29. The summed E-state index contributed by atoms with van der Waals surface area (Å²) in [6.45, 7) is 5.94. The number of methoxy groups -OCH3 is 3. The molecule has 0 heterocycles. The number of rotatable bonds is 9. The highest BCUT2D eigenvalue weighted by Crippen LogP contribution is 2.40. The van der Waals surface area contributed by atoms with Crippen LogP contribution < -0.4 is 24.3 Å². The monoisotopic (exact) mass is 283 g/mol. The van der Waals surface area contributed by atoms with Crippen molar-refractivity contribution in [1.29, 1.82) is 0 Å². The molecule has 0 bridgehead atoms. The van der Waals surface area contributed by atoms with Gasteiger partial charge in [-0.15, -0.1) is 0 Å². The van der Waals surface area contributed by atoms with Gasteiger partial charge in [-0.3, -0.25) is 0 Å². The predicted octanol–water partition coefficient (Wildman–Crippen LogP) is 2.48. The predicted molar refractivity (Wildman–Crippen MR) is 79.3 cm³/mol. The van der Waals surface area contributed by atoms with E-state index in [1.165, 1.54) is 0 Å². The van der Waals surface area contributed by atoms with E-state index in [0.717, 1.165) is 19.5 Å². The first-order valence-corrected chi connectivity index (χ1v) is 6.83. The van der Waals surface area contributed by atoms with Gasteiger partial charge in [-0.25, -0.2) is 0 Å². The Labute approximate surface area is 121 Å². The molecule has 5 nitrogen and oxygen atoms in total. The van der Waals surface area contributed by atoms with Crippen LogP contribution in [0, 0.1) is 0 Å². The van der Waals surface area contributed by atoms with Crippen molar-refractivity contribution in [2.24, 2.45) is 0 Å². The van der Waals surface area contributed by atoms with E-state index in [-0.39, 0.29) is 6.10 Å². The first kappa shape index (κ1) is 16.4. The molecule has 114 valence electrons. The van der Waals surface area contributed by atoms with Gasteiger partial charge in [0.2, 0.25) is 5.75 Å². The third-order valence-corrected chi connectivity index (χ3v) is 2.83. The van der Waals surface area contributed by atoms with E-state index < -0.39 is 0 Å². The molecule has 1 aromatic carbocycles. The van der Waals surface area contributed by atoms with Gasteiger partial charge in [0.25, 0.3) is 0 Å². The van der Waals surface area contributed by atoms with Crippen LogP contribution in [0.15, 0.2) is 12.1 Å². The van der Waals surface area contributed by atoms with Crippen LogP contribution in [0.3, 0.4) is 0 Å². The Morgan fingerprint density at radius 3 is 2.10 bits per heavy atom. The summed E-state index contributed by atoms with van der Waals surface area (Å²) in [5.41, 5.74) is 0. The zero-order valence-corrected chi connectivity index (χ0v) is 13.0. The molecule has 5 heteroatoms. The van der Waals surface area contributed by atoms with Crippen molar-refractivity contribution in [2.45, 2.75) is 26.4 Å². The number of hydrogen-bond acceptors (Lipinski definition) is 5. The second-order valence-corrected chi connectivity index (χ2v) is 4.49. The molecule has 0 aliphatic carbocycles. The molecule has 0 radical (unpaired) electrons. The van der Waals surface area contributed by atoms with Crippen LogP contribution in [0.2, 0.25) is 0 Å². The lowest BCUT2D eigenvalue weighted by atomic mass is 10.2. The topological polar surface area (TPSA) is 49.0 Å². The average molecular weight is 283 g/mol. The SMILES string of the molecule is CCCNCC(C)Oc1cc(OC)c(OC)c(OC)c1. The van der Waals surface area contributed by atoms with Crippen LogP contribution in [0.25, 0.3) is 0 Å². The van der Waals surface area contributed by atoms with Crippen molar-refractivity contribution in [3.05, 3.63) is 12.1 Å². The van der Waals surface area contributed by atoms with Gasteiger partial charge in [-0.05, 0) is 19.9 Å². The molecule has 1 unspecified atom stereocenters. The third-order valence-electron chi connectivity index (χ3n) is 2.83. The van der Waals surface area contributed by atoms with Crippen molar-refractivity contribution in [1.82, 2.24) is 5.32 Å². The minimum absolute atomic E-state index is 0.0596. The summed E-state index contributed by atoms with van der Waals surface area (Å²) in [6, 6.07) is 3.61. The molecule has 0 aliphatic rings. The third kappa shape index (κ3) is 4.49. The second-order valence-electron chi connectivity index (χ2n) is 4.49. The largest absolute Gasteiger partial charge is 0.493 e. The molecule has 0 fully saturated rings. The quantitative estimate of drug-likeness (QED) is 0.706. The molecule has 1 aromatic rings. The van der Waals surface area contributed by atoms with Gasteiger partial charge < -0.3 is 24.3 Å². The molecule has 1 rings (SSSR count). The fourth-order valence-corrected chi connectivity index (χ4v) is 1.88. The average Bonchev–Trinajstić information content (AvgIpc) is 2.46. The highest BCUT2D eigenvalue weighted by atomic mass is 16.5. The second kappa shape index (κ2) is 8.53. The van der Waals surface area contributed by atoms with Crippen LogP contribution in [0.5, 0.6) is 23.0 Å². The van der Waals surface area contributed by atoms with Crippen LogP contribution in [-0.2, 0) is 0 Å². The van der Waals surface area contributed by atoms with Crippen molar-refractivity contribution < 1.29 is 18.9 Å². The highest BCUT2D eigenvalue weighted by Gasteiger charge is 2.15. The number of benzene rings is 1. The summed E-state index contributed by atoms with van der Waals surface area (Å²) in [7, 11) is 4.76. The van der Waals surface area contributed by atoms with Gasteiger partial charge in [0.15, 0.2) is 11.5 Å². The summed E-state index contributed by atoms with van der Waals surface area (Å²) in [5, 5.41) is 3.32. The zero-order chi connectivity index (χ0) is 15.0. The number of ether oxygens (including phenoxy) is 4. The molecule has 1 N–H and O–H groups in total. The molecule has 0 spiro atoms. The van der Waals surface area contributed by atoms with E-state index in [2.05, 4.69) is 12.2 Å². The molecule has 0 aromatic heterocycles. The molecular weight excluding hydrogens is 258 g/mol. The Balaban J connectivity index is 2.79. The minimum Gasteiger partial charge on any atom is -0.493 e. The van der Waals surface area contributed by atoms with Gasteiger partial charge in [-0.2, -0.15) is 0 Å². The Morgan fingerprint density at radius 1 is 1.05 bits per heavy atom. The van der Waals surface area contributed by atoms with Crippen LogP contribution in [-0.4, -0.2) is 40.5 Å². The van der Waals surface area contributed by atoms with Gasteiger partial charge in [0, 0.05) is 18.7 Å². The van der Waals surface area contributed by atoms with Crippen LogP contribution >= 0.6 is 0 Å². The van der Waals surface area contributed by atoms with Gasteiger partial charge >= 0.3 is 0 Å². The molecule has 20 heavy (non-hydrogen) atoms. The molecule has 0 saturated heterocycles. The first-order chi connectivity index (χ1) is 9.65. The summed E-state index contributed by atoms with van der Waals surface area (Å²) < 4.78 is 21.7. The fraction of sp³-hybridized carbons (Fsp3) is 0.600.